The minimum atomic E-state index is 0. The normalized spacial score (nSPS) is 8.48. The molecule has 0 aliphatic carbocycles. The van der Waals surface area contributed by atoms with Gasteiger partial charge in [0.1, 0.15) is 6.29 Å². The largest absolute Gasteiger partial charge is 1.00 e. The molecule has 27 heavy (non-hydrogen) atoms. The number of carbonyl (C=O) groups is 3. The maximum Gasteiger partial charge on any atom is 1.00 e. The Kier molecular flexibility index (Phi) is 14.7. The minimum absolute atomic E-state index is 0. The van der Waals surface area contributed by atoms with Gasteiger partial charge in [0, 0.05) is 5.56 Å². The van der Waals surface area contributed by atoms with Crippen molar-refractivity contribution in [2.45, 2.75) is 5.82 Å². The molecule has 0 N–H and O–H groups in total. The fourth-order valence-corrected chi connectivity index (χ4v) is 2.96. The van der Waals surface area contributed by atoms with Crippen molar-refractivity contribution in [1.29, 1.82) is 0 Å². The average molecular weight is 417 g/mol. The topological polar surface area (TPSA) is 51.2 Å². The van der Waals surface area contributed by atoms with Crippen LogP contribution in [0.5, 0.6) is 0 Å². The Morgan fingerprint density at radius 3 is 1.78 bits per heavy atom. The summed E-state index contributed by atoms with van der Waals surface area (Å²) >= 11 is 0.428. The van der Waals surface area contributed by atoms with Gasteiger partial charge in [-0.1, -0.05) is 30.3 Å². The number of hydrogen-bond acceptors (Lipinski definition) is 3. The molecule has 0 amide bonds. The summed E-state index contributed by atoms with van der Waals surface area (Å²) in [7, 11) is 0. The summed E-state index contributed by atoms with van der Waals surface area (Å²) in [5, 5.41) is 0. The molecule has 0 aliphatic rings. The summed E-state index contributed by atoms with van der Waals surface area (Å²) in [5.41, 5.74) is 2.17. The van der Waals surface area contributed by atoms with Gasteiger partial charge in [-0.05, 0) is 0 Å². The number of rotatable bonds is 4. The SMILES string of the molecule is C[Se]c1ccccc1C=O.O=Cc1[c-]cccc1.O=Cc1ccccc1.[Li+]. The number of aldehydes is 3. The summed E-state index contributed by atoms with van der Waals surface area (Å²) in [4.78, 5) is 30.4. The summed E-state index contributed by atoms with van der Waals surface area (Å²) in [6, 6.07) is 26.6. The Balaban J connectivity index is 0.000000372. The first-order chi connectivity index (χ1) is 12.7. The van der Waals surface area contributed by atoms with Crippen LogP contribution in [0.1, 0.15) is 31.1 Å². The fraction of sp³-hybridized carbons (Fsp3) is 0.0455. The van der Waals surface area contributed by atoms with E-state index in [4.69, 9.17) is 0 Å². The van der Waals surface area contributed by atoms with Crippen LogP contribution in [0.4, 0.5) is 0 Å². The quantitative estimate of drug-likeness (QED) is 0.357. The van der Waals surface area contributed by atoms with Crippen molar-refractivity contribution in [3.05, 3.63) is 102 Å². The molecular formula is C22H19LiO3Se. The maximum absolute atomic E-state index is 10.4. The summed E-state index contributed by atoms with van der Waals surface area (Å²) in [6.45, 7) is 0. The predicted molar refractivity (Wildman–Crippen MR) is 106 cm³/mol. The van der Waals surface area contributed by atoms with Gasteiger partial charge in [0.05, 0.1) is 6.29 Å². The molecule has 0 saturated heterocycles. The standard InChI is InChI=1S/C8H8OSe.C7H6O.C7H5O.Li/c1-10-8-5-3-2-4-7(8)6-9;2*8-6-7-4-2-1-3-5-7;/h2-6H,1H3;1-6H;1-4,6H;/q;;-1;+1. The van der Waals surface area contributed by atoms with E-state index in [1.807, 2.05) is 48.5 Å². The van der Waals surface area contributed by atoms with E-state index < -0.39 is 0 Å². The molecule has 3 rings (SSSR count). The van der Waals surface area contributed by atoms with Crippen LogP contribution in [-0.2, 0) is 0 Å². The Hall–Kier alpha value is -2.21. The average Bonchev–Trinajstić information content (AvgIpc) is 2.75. The Labute approximate surface area is 178 Å². The van der Waals surface area contributed by atoms with Gasteiger partial charge in [-0.3, -0.25) is 4.79 Å². The molecule has 0 aromatic heterocycles. The Morgan fingerprint density at radius 2 is 1.37 bits per heavy atom. The first-order valence-electron chi connectivity index (χ1n) is 7.75. The molecule has 0 heterocycles. The molecule has 0 unspecified atom stereocenters. The Bertz CT molecular complexity index is 749. The zero-order chi connectivity index (χ0) is 19.0. The van der Waals surface area contributed by atoms with E-state index in [0.29, 0.717) is 20.5 Å². The Morgan fingerprint density at radius 1 is 0.741 bits per heavy atom. The third-order valence-corrected chi connectivity index (χ3v) is 4.76. The smallest absolute Gasteiger partial charge is 0.355 e. The second-order valence-electron chi connectivity index (χ2n) is 4.82. The molecule has 0 atom stereocenters. The first kappa shape index (κ1) is 24.8. The molecule has 3 nitrogen and oxygen atoms in total. The molecule has 0 fully saturated rings. The van der Waals surface area contributed by atoms with Crippen LogP contribution in [0.25, 0.3) is 0 Å². The van der Waals surface area contributed by atoms with Crippen molar-refractivity contribution in [1.82, 2.24) is 0 Å². The fourth-order valence-electron chi connectivity index (χ4n) is 1.78. The van der Waals surface area contributed by atoms with Crippen molar-refractivity contribution in [3.8, 4) is 0 Å². The van der Waals surface area contributed by atoms with Crippen molar-refractivity contribution < 1.29 is 33.2 Å². The van der Waals surface area contributed by atoms with E-state index in [1.54, 1.807) is 30.3 Å². The maximum atomic E-state index is 10.4. The second kappa shape index (κ2) is 16.0. The summed E-state index contributed by atoms with van der Waals surface area (Å²) < 4.78 is 1.19. The van der Waals surface area contributed by atoms with Crippen LogP contribution in [-0.4, -0.2) is 33.8 Å². The van der Waals surface area contributed by atoms with Gasteiger partial charge < -0.3 is 4.79 Å². The van der Waals surface area contributed by atoms with Gasteiger partial charge in [-0.2, -0.15) is 0 Å². The van der Waals surface area contributed by atoms with Crippen molar-refractivity contribution in [2.75, 3.05) is 0 Å². The van der Waals surface area contributed by atoms with Crippen molar-refractivity contribution in [2.24, 2.45) is 0 Å². The van der Waals surface area contributed by atoms with E-state index in [9.17, 15) is 14.4 Å². The van der Waals surface area contributed by atoms with Gasteiger partial charge >= 0.3 is 85.0 Å². The van der Waals surface area contributed by atoms with Gasteiger partial charge in [0.2, 0.25) is 0 Å². The van der Waals surface area contributed by atoms with Gasteiger partial charge in [0.15, 0.2) is 0 Å². The van der Waals surface area contributed by atoms with E-state index in [0.717, 1.165) is 30.0 Å². The molecule has 132 valence electrons. The van der Waals surface area contributed by atoms with Crippen LogP contribution in [0.2, 0.25) is 5.82 Å². The molecular weight excluding hydrogens is 398 g/mol. The van der Waals surface area contributed by atoms with Gasteiger partial charge in [-0.25, -0.2) is 0 Å². The van der Waals surface area contributed by atoms with E-state index in [2.05, 4.69) is 11.9 Å². The number of hydrogen-bond donors (Lipinski definition) is 0. The van der Waals surface area contributed by atoms with Crippen LogP contribution in [0.15, 0.2) is 78.9 Å². The third kappa shape index (κ3) is 10.5. The molecule has 0 spiro atoms. The molecule has 0 bridgehead atoms. The summed E-state index contributed by atoms with van der Waals surface area (Å²) in [5.74, 6) is 2.11. The van der Waals surface area contributed by atoms with Crippen molar-refractivity contribution in [3.63, 3.8) is 0 Å². The zero-order valence-electron chi connectivity index (χ0n) is 15.4. The van der Waals surface area contributed by atoms with E-state index in [-0.39, 0.29) is 18.9 Å². The minimum Gasteiger partial charge on any atom is -0.355 e. The van der Waals surface area contributed by atoms with Crippen LogP contribution in [0.3, 0.4) is 0 Å². The number of benzene rings is 3. The molecule has 0 aliphatic heterocycles. The zero-order valence-corrected chi connectivity index (χ0v) is 17.1. The molecule has 0 saturated carbocycles. The predicted octanol–water partition coefficient (Wildman–Crippen LogP) is 0.679. The first-order valence-corrected chi connectivity index (χ1v) is 10.3. The second-order valence-corrected chi connectivity index (χ2v) is 6.60. The number of carbonyl (C=O) groups excluding carboxylic acids is 3. The van der Waals surface area contributed by atoms with Gasteiger partial charge in [0.25, 0.3) is 0 Å². The summed E-state index contributed by atoms with van der Waals surface area (Å²) in [6.07, 6.45) is 2.53. The van der Waals surface area contributed by atoms with Crippen LogP contribution in [0, 0.1) is 6.07 Å². The molecule has 3 aromatic carbocycles. The van der Waals surface area contributed by atoms with Gasteiger partial charge in [-0.15, -0.1) is 35.9 Å². The third-order valence-electron chi connectivity index (χ3n) is 3.06. The van der Waals surface area contributed by atoms with Crippen molar-refractivity contribution >= 4 is 38.3 Å². The van der Waals surface area contributed by atoms with Crippen LogP contribution >= 0.6 is 0 Å². The van der Waals surface area contributed by atoms with E-state index in [1.165, 1.54) is 4.46 Å². The molecule has 0 radical (unpaired) electrons. The monoisotopic (exact) mass is 418 g/mol. The molecule has 5 heteroatoms. The van der Waals surface area contributed by atoms with Crippen LogP contribution < -0.4 is 23.3 Å². The van der Waals surface area contributed by atoms with E-state index >= 15 is 0 Å². The molecule has 3 aromatic rings.